The van der Waals surface area contributed by atoms with Crippen molar-refractivity contribution in [2.24, 2.45) is 0 Å². The molecule has 0 aliphatic carbocycles. The standard InChI is InChI=1S/C50H29N5/c51-30-32-23-25-41-39-16-3-7-20-45(39)54(49(41)27-32)35-13-9-11-33(28-35)50-34(31-52)12-10-22-48(50)55-46-21-8-4-17-40(46)42-29-36(24-26-47(42)55)53-43-18-5-1-14-37(43)38-15-2-6-19-44(38)53/h1-29H. The molecule has 0 fully saturated rings. The Morgan fingerprint density at radius 1 is 0.345 bits per heavy atom. The van der Waals surface area contributed by atoms with Crippen LogP contribution in [0.25, 0.3) is 93.6 Å². The van der Waals surface area contributed by atoms with E-state index in [0.29, 0.717) is 11.1 Å². The van der Waals surface area contributed by atoms with E-state index in [2.05, 4.69) is 159 Å². The van der Waals surface area contributed by atoms with Crippen LogP contribution in [0.1, 0.15) is 11.1 Å². The van der Waals surface area contributed by atoms with Gasteiger partial charge in [0.25, 0.3) is 0 Å². The number of hydrogen-bond acceptors (Lipinski definition) is 2. The normalized spacial score (nSPS) is 11.6. The zero-order valence-corrected chi connectivity index (χ0v) is 29.5. The van der Waals surface area contributed by atoms with E-state index in [9.17, 15) is 10.5 Å². The molecule has 5 nitrogen and oxygen atoms in total. The van der Waals surface area contributed by atoms with Crippen LogP contribution in [-0.4, -0.2) is 13.7 Å². The highest BCUT2D eigenvalue weighted by Crippen LogP contribution is 2.41. The van der Waals surface area contributed by atoms with E-state index in [1.54, 1.807) is 0 Å². The van der Waals surface area contributed by atoms with Crippen LogP contribution < -0.4 is 0 Å². The van der Waals surface area contributed by atoms with E-state index >= 15 is 0 Å². The third kappa shape index (κ3) is 4.45. The number of rotatable bonds is 4. The summed E-state index contributed by atoms with van der Waals surface area (Å²) in [6.07, 6.45) is 0. The van der Waals surface area contributed by atoms with Crippen molar-refractivity contribution < 1.29 is 0 Å². The van der Waals surface area contributed by atoms with Crippen LogP contribution in [0.5, 0.6) is 0 Å². The highest BCUT2D eigenvalue weighted by Gasteiger charge is 2.21. The monoisotopic (exact) mass is 699 g/mol. The molecule has 0 bridgehead atoms. The number of fused-ring (bicyclic) bond motifs is 9. The van der Waals surface area contributed by atoms with Crippen molar-refractivity contribution in [2.45, 2.75) is 0 Å². The Hall–Kier alpha value is -7.86. The fourth-order valence-corrected chi connectivity index (χ4v) is 8.80. The minimum atomic E-state index is 0.594. The van der Waals surface area contributed by atoms with Gasteiger partial charge in [0.15, 0.2) is 0 Å². The maximum atomic E-state index is 10.6. The van der Waals surface area contributed by atoms with E-state index in [1.807, 2.05) is 42.5 Å². The summed E-state index contributed by atoms with van der Waals surface area (Å²) in [7, 11) is 0. The molecule has 254 valence electrons. The average Bonchev–Trinajstić information content (AvgIpc) is 3.88. The summed E-state index contributed by atoms with van der Waals surface area (Å²) in [5, 5.41) is 27.4. The van der Waals surface area contributed by atoms with Gasteiger partial charge in [0.05, 0.1) is 62.1 Å². The van der Waals surface area contributed by atoms with Gasteiger partial charge in [0.2, 0.25) is 0 Å². The molecule has 5 heteroatoms. The van der Waals surface area contributed by atoms with Gasteiger partial charge in [-0.05, 0) is 84.4 Å². The van der Waals surface area contributed by atoms with E-state index in [1.165, 1.54) is 21.8 Å². The fourth-order valence-electron chi connectivity index (χ4n) is 8.80. The second-order valence-corrected chi connectivity index (χ2v) is 14.0. The summed E-state index contributed by atoms with van der Waals surface area (Å²) in [5.74, 6) is 0. The number of hydrogen-bond donors (Lipinski definition) is 0. The van der Waals surface area contributed by atoms with E-state index in [0.717, 1.165) is 71.8 Å². The molecule has 8 aromatic carbocycles. The second-order valence-electron chi connectivity index (χ2n) is 14.0. The molecule has 0 radical (unpaired) electrons. The zero-order valence-electron chi connectivity index (χ0n) is 29.5. The largest absolute Gasteiger partial charge is 0.309 e. The highest BCUT2D eigenvalue weighted by atomic mass is 15.0. The molecule has 0 spiro atoms. The lowest BCUT2D eigenvalue weighted by Gasteiger charge is -2.17. The van der Waals surface area contributed by atoms with Crippen LogP contribution in [0.4, 0.5) is 0 Å². The van der Waals surface area contributed by atoms with Crippen molar-refractivity contribution in [3.8, 4) is 40.3 Å². The predicted molar refractivity (Wildman–Crippen MR) is 224 cm³/mol. The van der Waals surface area contributed by atoms with Gasteiger partial charge in [-0.15, -0.1) is 0 Å². The summed E-state index contributed by atoms with van der Waals surface area (Å²) in [6.45, 7) is 0. The van der Waals surface area contributed by atoms with Crippen molar-refractivity contribution in [3.63, 3.8) is 0 Å². The molecule has 0 unspecified atom stereocenters. The van der Waals surface area contributed by atoms with Crippen molar-refractivity contribution in [2.75, 3.05) is 0 Å². The second kappa shape index (κ2) is 11.8. The first kappa shape index (κ1) is 30.7. The lowest BCUT2D eigenvalue weighted by Crippen LogP contribution is -2.01. The lowest BCUT2D eigenvalue weighted by atomic mass is 9.97. The SMILES string of the molecule is N#Cc1ccc2c3ccccc3n(-c3cccc(-c4c(C#N)cccc4-n4c5ccccc5c5cc(-n6c7ccccc7c7ccccc76)ccc54)c3)c2c1. The van der Waals surface area contributed by atoms with Gasteiger partial charge in [0, 0.05) is 49.3 Å². The molecule has 0 N–H and O–H groups in total. The van der Waals surface area contributed by atoms with Gasteiger partial charge < -0.3 is 13.7 Å². The predicted octanol–water partition coefficient (Wildman–Crippen LogP) is 12.4. The molecular weight excluding hydrogens is 671 g/mol. The van der Waals surface area contributed by atoms with Crippen LogP contribution in [0.2, 0.25) is 0 Å². The molecule has 3 heterocycles. The maximum Gasteiger partial charge on any atom is 0.0998 e. The maximum absolute atomic E-state index is 10.6. The molecule has 0 amide bonds. The molecule has 0 saturated carbocycles. The molecule has 11 aromatic rings. The molecule has 3 aromatic heterocycles. The third-order valence-electron chi connectivity index (χ3n) is 11.1. The smallest absolute Gasteiger partial charge is 0.0998 e. The first-order valence-electron chi connectivity index (χ1n) is 18.3. The molecule has 0 saturated heterocycles. The minimum absolute atomic E-state index is 0.594. The van der Waals surface area contributed by atoms with Crippen LogP contribution in [-0.2, 0) is 0 Å². The Bertz CT molecular complexity index is 3420. The van der Waals surface area contributed by atoms with Gasteiger partial charge in [0.1, 0.15) is 0 Å². The van der Waals surface area contributed by atoms with Gasteiger partial charge in [-0.1, -0.05) is 97.1 Å². The number of benzene rings is 8. The summed E-state index contributed by atoms with van der Waals surface area (Å²) < 4.78 is 6.89. The molecule has 0 aliphatic heterocycles. The van der Waals surface area contributed by atoms with Crippen molar-refractivity contribution in [1.29, 1.82) is 10.5 Å². The van der Waals surface area contributed by atoms with Gasteiger partial charge in [-0.2, -0.15) is 10.5 Å². The summed E-state index contributed by atoms with van der Waals surface area (Å²) in [4.78, 5) is 0. The average molecular weight is 700 g/mol. The molecule has 11 rings (SSSR count). The number of nitrogens with zero attached hydrogens (tertiary/aromatic N) is 5. The zero-order chi connectivity index (χ0) is 36.6. The topological polar surface area (TPSA) is 62.4 Å². The molecular formula is C50H29N5. The van der Waals surface area contributed by atoms with Crippen LogP contribution in [0, 0.1) is 22.7 Å². The Labute approximate surface area is 316 Å². The van der Waals surface area contributed by atoms with E-state index in [4.69, 9.17) is 0 Å². The van der Waals surface area contributed by atoms with Gasteiger partial charge in [-0.3, -0.25) is 0 Å². The van der Waals surface area contributed by atoms with Crippen molar-refractivity contribution in [1.82, 2.24) is 13.7 Å². The number of para-hydroxylation sites is 4. The first-order chi connectivity index (χ1) is 27.2. The van der Waals surface area contributed by atoms with Crippen molar-refractivity contribution >= 4 is 65.4 Å². The number of aromatic nitrogens is 3. The molecule has 0 atom stereocenters. The fraction of sp³-hybridized carbons (Fsp3) is 0. The summed E-state index contributed by atoms with van der Waals surface area (Å²) in [6, 6.07) is 65.9. The van der Waals surface area contributed by atoms with E-state index in [-0.39, 0.29) is 0 Å². The minimum Gasteiger partial charge on any atom is -0.309 e. The van der Waals surface area contributed by atoms with Crippen molar-refractivity contribution in [3.05, 3.63) is 187 Å². The molecule has 55 heavy (non-hydrogen) atoms. The first-order valence-corrected chi connectivity index (χ1v) is 18.3. The quantitative estimate of drug-likeness (QED) is 0.184. The third-order valence-corrected chi connectivity index (χ3v) is 11.1. The van der Waals surface area contributed by atoms with Gasteiger partial charge in [-0.25, -0.2) is 0 Å². The highest BCUT2D eigenvalue weighted by molar-refractivity contribution is 6.13. The number of nitriles is 2. The van der Waals surface area contributed by atoms with Crippen LogP contribution in [0.3, 0.4) is 0 Å². The summed E-state index contributed by atoms with van der Waals surface area (Å²) >= 11 is 0. The Morgan fingerprint density at radius 3 is 1.51 bits per heavy atom. The van der Waals surface area contributed by atoms with Crippen LogP contribution in [0.15, 0.2) is 176 Å². The van der Waals surface area contributed by atoms with Gasteiger partial charge >= 0.3 is 0 Å². The Balaban J connectivity index is 1.15. The van der Waals surface area contributed by atoms with Crippen LogP contribution >= 0.6 is 0 Å². The lowest BCUT2D eigenvalue weighted by molar-refractivity contribution is 1.16. The Morgan fingerprint density at radius 2 is 0.873 bits per heavy atom. The Kier molecular flexibility index (Phi) is 6.61. The van der Waals surface area contributed by atoms with E-state index < -0.39 is 0 Å². The summed E-state index contributed by atoms with van der Waals surface area (Å²) in [5.41, 5.74) is 12.5. The molecule has 0 aliphatic rings.